The van der Waals surface area contributed by atoms with Crippen LogP contribution in [0.5, 0.6) is 0 Å². The second-order valence-electron chi connectivity index (χ2n) is 4.48. The van der Waals surface area contributed by atoms with E-state index in [1.165, 1.54) is 12.1 Å². The molecule has 0 spiro atoms. The number of carbonyl (C=O) groups excluding carboxylic acids is 1. The number of ether oxygens (including phenoxy) is 1. The second kappa shape index (κ2) is 5.41. The Morgan fingerprint density at radius 3 is 2.76 bits per heavy atom. The first-order valence-corrected chi connectivity index (χ1v) is 6.09. The van der Waals surface area contributed by atoms with Crippen molar-refractivity contribution in [1.82, 2.24) is 0 Å². The summed E-state index contributed by atoms with van der Waals surface area (Å²) in [6, 6.07) is 6.13. The lowest BCUT2D eigenvalue weighted by molar-refractivity contribution is -0.123. The average Bonchev–Trinajstić information content (AvgIpc) is 2.80. The zero-order valence-electron chi connectivity index (χ0n) is 9.99. The zero-order valence-corrected chi connectivity index (χ0v) is 9.99. The minimum atomic E-state index is -0.267. The van der Waals surface area contributed by atoms with Gasteiger partial charge in [-0.3, -0.25) is 4.79 Å². The third-order valence-corrected chi connectivity index (χ3v) is 3.32. The van der Waals surface area contributed by atoms with E-state index in [-0.39, 0.29) is 23.6 Å². The summed E-state index contributed by atoms with van der Waals surface area (Å²) >= 11 is 0. The van der Waals surface area contributed by atoms with Gasteiger partial charge in [0.05, 0.1) is 6.10 Å². The smallest absolute Gasteiger partial charge is 0.143 e. The van der Waals surface area contributed by atoms with Crippen LogP contribution >= 0.6 is 0 Å². The van der Waals surface area contributed by atoms with Crippen molar-refractivity contribution in [3.05, 3.63) is 35.6 Å². The summed E-state index contributed by atoms with van der Waals surface area (Å²) in [5, 5.41) is 0. The molecule has 1 aromatic carbocycles. The Labute approximate surface area is 101 Å². The lowest BCUT2D eigenvalue weighted by Crippen LogP contribution is -2.25. The van der Waals surface area contributed by atoms with Gasteiger partial charge in [0.1, 0.15) is 11.6 Å². The van der Waals surface area contributed by atoms with Gasteiger partial charge in [-0.2, -0.15) is 0 Å². The summed E-state index contributed by atoms with van der Waals surface area (Å²) in [6.07, 6.45) is 2.14. The van der Waals surface area contributed by atoms with E-state index in [4.69, 9.17) is 4.74 Å². The maximum Gasteiger partial charge on any atom is 0.143 e. The van der Waals surface area contributed by atoms with E-state index in [0.29, 0.717) is 13.0 Å². The first kappa shape index (κ1) is 12.2. The van der Waals surface area contributed by atoms with E-state index >= 15 is 0 Å². The summed E-state index contributed by atoms with van der Waals surface area (Å²) < 4.78 is 18.2. The van der Waals surface area contributed by atoms with Gasteiger partial charge in [0.25, 0.3) is 0 Å². The molecule has 92 valence electrons. The van der Waals surface area contributed by atoms with E-state index in [1.54, 1.807) is 12.1 Å². The molecule has 1 aromatic rings. The Balaban J connectivity index is 1.99. The van der Waals surface area contributed by atoms with Crippen molar-refractivity contribution < 1.29 is 13.9 Å². The molecule has 0 N–H and O–H groups in total. The van der Waals surface area contributed by atoms with Crippen LogP contribution in [0.4, 0.5) is 4.39 Å². The number of rotatable bonds is 4. The Kier molecular flexibility index (Phi) is 3.89. The predicted octanol–water partition coefficient (Wildman–Crippen LogP) is 2.75. The van der Waals surface area contributed by atoms with Crippen molar-refractivity contribution in [3.8, 4) is 0 Å². The van der Waals surface area contributed by atoms with Crippen molar-refractivity contribution in [2.24, 2.45) is 5.92 Å². The first-order chi connectivity index (χ1) is 8.20. The minimum Gasteiger partial charge on any atom is -0.377 e. The third kappa shape index (κ3) is 2.91. The number of ketones is 1. The highest BCUT2D eigenvalue weighted by Gasteiger charge is 2.32. The Morgan fingerprint density at radius 1 is 1.41 bits per heavy atom. The lowest BCUT2D eigenvalue weighted by atomic mass is 9.91. The molecule has 1 saturated heterocycles. The van der Waals surface area contributed by atoms with Gasteiger partial charge in [-0.15, -0.1) is 0 Å². The standard InChI is InChI=1S/C14H17FO2/c1-2-14-12(7-8-17-14)13(16)9-10-3-5-11(15)6-4-10/h3-6,12,14H,2,7-9H2,1H3. The van der Waals surface area contributed by atoms with E-state index < -0.39 is 0 Å². The lowest BCUT2D eigenvalue weighted by Gasteiger charge is -2.15. The topological polar surface area (TPSA) is 26.3 Å². The fraction of sp³-hybridized carbons (Fsp3) is 0.500. The quantitative estimate of drug-likeness (QED) is 0.803. The van der Waals surface area contributed by atoms with Crippen molar-refractivity contribution in [3.63, 3.8) is 0 Å². The molecule has 1 aliphatic rings. The summed E-state index contributed by atoms with van der Waals surface area (Å²) in [4.78, 5) is 12.1. The van der Waals surface area contributed by atoms with Crippen LogP contribution in [0, 0.1) is 11.7 Å². The summed E-state index contributed by atoms with van der Waals surface area (Å²) in [6.45, 7) is 2.71. The van der Waals surface area contributed by atoms with Gasteiger partial charge in [0.15, 0.2) is 0 Å². The number of hydrogen-bond acceptors (Lipinski definition) is 2. The van der Waals surface area contributed by atoms with Gasteiger partial charge in [-0.1, -0.05) is 19.1 Å². The van der Waals surface area contributed by atoms with Gasteiger partial charge in [0, 0.05) is 18.9 Å². The minimum absolute atomic E-state index is 0.0186. The molecule has 0 aromatic heterocycles. The number of Topliss-reactive ketones (excluding diaryl/α,β-unsaturated/α-hetero) is 1. The highest BCUT2D eigenvalue weighted by atomic mass is 19.1. The number of carbonyl (C=O) groups is 1. The van der Waals surface area contributed by atoms with E-state index in [1.807, 2.05) is 6.92 Å². The molecule has 2 unspecified atom stereocenters. The van der Waals surface area contributed by atoms with Gasteiger partial charge in [0.2, 0.25) is 0 Å². The normalized spacial score (nSPS) is 23.9. The van der Waals surface area contributed by atoms with E-state index in [9.17, 15) is 9.18 Å². The molecule has 0 amide bonds. The monoisotopic (exact) mass is 236 g/mol. The van der Waals surface area contributed by atoms with Crippen LogP contribution in [-0.2, 0) is 16.0 Å². The van der Waals surface area contributed by atoms with Crippen LogP contribution in [-0.4, -0.2) is 18.5 Å². The molecule has 0 aliphatic carbocycles. The van der Waals surface area contributed by atoms with Gasteiger partial charge in [-0.05, 0) is 30.5 Å². The van der Waals surface area contributed by atoms with Crippen molar-refractivity contribution >= 4 is 5.78 Å². The maximum absolute atomic E-state index is 12.7. The Morgan fingerprint density at radius 2 is 2.12 bits per heavy atom. The molecule has 0 radical (unpaired) electrons. The van der Waals surface area contributed by atoms with Crippen LogP contribution in [0.3, 0.4) is 0 Å². The molecule has 1 heterocycles. The molecule has 2 nitrogen and oxygen atoms in total. The van der Waals surface area contributed by atoms with Crippen molar-refractivity contribution in [2.45, 2.75) is 32.3 Å². The predicted molar refractivity (Wildman–Crippen MR) is 63.2 cm³/mol. The third-order valence-electron chi connectivity index (χ3n) is 3.32. The zero-order chi connectivity index (χ0) is 12.3. The highest BCUT2D eigenvalue weighted by molar-refractivity contribution is 5.84. The SMILES string of the molecule is CCC1OCCC1C(=O)Cc1ccc(F)cc1. The van der Waals surface area contributed by atoms with Crippen LogP contribution < -0.4 is 0 Å². The maximum atomic E-state index is 12.7. The van der Waals surface area contributed by atoms with Crippen molar-refractivity contribution in [1.29, 1.82) is 0 Å². The summed E-state index contributed by atoms with van der Waals surface area (Å²) in [5.41, 5.74) is 0.873. The second-order valence-corrected chi connectivity index (χ2v) is 4.48. The van der Waals surface area contributed by atoms with Crippen LogP contribution in [0.2, 0.25) is 0 Å². The molecule has 3 heteroatoms. The number of halogens is 1. The average molecular weight is 236 g/mol. The fourth-order valence-electron chi connectivity index (χ4n) is 2.35. The van der Waals surface area contributed by atoms with E-state index in [0.717, 1.165) is 18.4 Å². The Bertz CT molecular complexity index is 386. The fourth-order valence-corrected chi connectivity index (χ4v) is 2.35. The molecular weight excluding hydrogens is 219 g/mol. The van der Waals surface area contributed by atoms with Gasteiger partial charge >= 0.3 is 0 Å². The van der Waals surface area contributed by atoms with Crippen LogP contribution in [0.1, 0.15) is 25.3 Å². The largest absolute Gasteiger partial charge is 0.377 e. The van der Waals surface area contributed by atoms with E-state index in [2.05, 4.69) is 0 Å². The highest BCUT2D eigenvalue weighted by Crippen LogP contribution is 2.25. The molecule has 0 saturated carbocycles. The molecule has 2 atom stereocenters. The Hall–Kier alpha value is -1.22. The summed E-state index contributed by atoms with van der Waals surface area (Å²) in [7, 11) is 0. The molecular formula is C14H17FO2. The van der Waals surface area contributed by atoms with Crippen LogP contribution in [0.25, 0.3) is 0 Å². The summed E-state index contributed by atoms with van der Waals surface area (Å²) in [5.74, 6) is -0.0390. The number of hydrogen-bond donors (Lipinski definition) is 0. The molecule has 17 heavy (non-hydrogen) atoms. The van der Waals surface area contributed by atoms with Crippen LogP contribution in [0.15, 0.2) is 24.3 Å². The number of benzene rings is 1. The van der Waals surface area contributed by atoms with Gasteiger partial charge < -0.3 is 4.74 Å². The first-order valence-electron chi connectivity index (χ1n) is 6.09. The molecule has 2 rings (SSSR count). The van der Waals surface area contributed by atoms with Gasteiger partial charge in [-0.25, -0.2) is 4.39 Å². The molecule has 1 aliphatic heterocycles. The molecule has 0 bridgehead atoms. The van der Waals surface area contributed by atoms with Crippen molar-refractivity contribution in [2.75, 3.05) is 6.61 Å². The molecule has 1 fully saturated rings.